The molecule has 1 heterocycles. The summed E-state index contributed by atoms with van der Waals surface area (Å²) in [7, 11) is -3.33. The van der Waals surface area contributed by atoms with Gasteiger partial charge in [-0.15, -0.1) is 0 Å². The molecule has 0 bridgehead atoms. The van der Waals surface area contributed by atoms with Gasteiger partial charge >= 0.3 is 6.03 Å². The first-order chi connectivity index (χ1) is 20.1. The molecule has 2 N–H and O–H groups in total. The molecule has 4 aromatic rings. The first kappa shape index (κ1) is 28.4. The number of sulfone groups is 1. The third kappa shape index (κ3) is 5.70. The second kappa shape index (κ2) is 11.4. The van der Waals surface area contributed by atoms with Crippen LogP contribution in [0.1, 0.15) is 27.0 Å². The molecule has 0 saturated carbocycles. The van der Waals surface area contributed by atoms with Crippen molar-refractivity contribution in [2.45, 2.75) is 16.9 Å². The molecule has 212 valence electrons. The van der Waals surface area contributed by atoms with E-state index in [-0.39, 0.29) is 22.8 Å². The summed E-state index contributed by atoms with van der Waals surface area (Å²) in [5.74, 6) is -1.32. The zero-order chi connectivity index (χ0) is 29.9. The molecule has 42 heavy (non-hydrogen) atoms. The number of nitrogens with one attached hydrogen (secondary N) is 2. The standard InChI is InChI=1S/C32H27N3O6S/c1-42(40,41)27-18-12-22(13-19-27)20-29(37)33-26-16-14-23(15-17-26)28(36)21-35-30(38)32(34-31(35)39,24-8-4-2-5-9-24)25-10-6-3-7-11-25/h2-19H,20-21H2,1H3,(H,33,37)(H,34,39). The van der Waals surface area contributed by atoms with E-state index in [1.165, 1.54) is 24.3 Å². The maximum atomic E-state index is 13.8. The molecule has 0 aliphatic carbocycles. The van der Waals surface area contributed by atoms with E-state index in [1.54, 1.807) is 72.8 Å². The molecule has 0 unspecified atom stereocenters. The summed E-state index contributed by atoms with van der Waals surface area (Å²) < 4.78 is 23.2. The van der Waals surface area contributed by atoms with Gasteiger partial charge in [0.05, 0.1) is 17.9 Å². The third-order valence-corrected chi connectivity index (χ3v) is 8.16. The van der Waals surface area contributed by atoms with Crippen molar-refractivity contribution >= 4 is 39.2 Å². The molecule has 1 fully saturated rings. The Labute approximate surface area is 243 Å². The summed E-state index contributed by atoms with van der Waals surface area (Å²) in [6.07, 6.45) is 1.14. The minimum atomic E-state index is -3.33. The average molecular weight is 582 g/mol. The number of hydrogen-bond donors (Lipinski definition) is 2. The Morgan fingerprint density at radius 1 is 0.786 bits per heavy atom. The predicted octanol–water partition coefficient (Wildman–Crippen LogP) is 3.95. The highest BCUT2D eigenvalue weighted by Gasteiger charge is 2.54. The summed E-state index contributed by atoms with van der Waals surface area (Å²) in [4.78, 5) is 53.6. The number of carbonyl (C=O) groups excluding carboxylic acids is 4. The van der Waals surface area contributed by atoms with Crippen LogP contribution in [0.5, 0.6) is 0 Å². The first-order valence-electron chi connectivity index (χ1n) is 13.1. The summed E-state index contributed by atoms with van der Waals surface area (Å²) in [6, 6.07) is 29.3. The van der Waals surface area contributed by atoms with E-state index in [0.29, 0.717) is 22.4 Å². The molecule has 1 aliphatic heterocycles. The fraction of sp³-hybridized carbons (Fsp3) is 0.125. The molecule has 1 aliphatic rings. The number of nitrogens with zero attached hydrogens (tertiary/aromatic N) is 1. The minimum absolute atomic E-state index is 0.0293. The number of urea groups is 1. The lowest BCUT2D eigenvalue weighted by Gasteiger charge is -2.28. The van der Waals surface area contributed by atoms with Crippen molar-refractivity contribution in [3.8, 4) is 0 Å². The highest BCUT2D eigenvalue weighted by Crippen LogP contribution is 2.36. The van der Waals surface area contributed by atoms with E-state index < -0.39 is 39.6 Å². The molecule has 0 aromatic heterocycles. The normalized spacial score (nSPS) is 14.4. The quantitative estimate of drug-likeness (QED) is 0.228. The van der Waals surface area contributed by atoms with Crippen molar-refractivity contribution in [1.29, 1.82) is 0 Å². The van der Waals surface area contributed by atoms with Gasteiger partial charge in [-0.05, 0) is 53.1 Å². The third-order valence-electron chi connectivity index (χ3n) is 7.03. The van der Waals surface area contributed by atoms with E-state index in [0.717, 1.165) is 11.2 Å². The zero-order valence-corrected chi connectivity index (χ0v) is 23.4. The van der Waals surface area contributed by atoms with Crippen LogP contribution in [-0.2, 0) is 31.4 Å². The van der Waals surface area contributed by atoms with Gasteiger partial charge in [-0.2, -0.15) is 0 Å². The zero-order valence-electron chi connectivity index (χ0n) is 22.6. The van der Waals surface area contributed by atoms with Crippen LogP contribution in [0, 0.1) is 0 Å². The van der Waals surface area contributed by atoms with Gasteiger partial charge in [0, 0.05) is 17.5 Å². The number of rotatable bonds is 9. The van der Waals surface area contributed by atoms with Gasteiger partial charge in [-0.3, -0.25) is 19.3 Å². The summed E-state index contributed by atoms with van der Waals surface area (Å²) in [6.45, 7) is -0.457. The monoisotopic (exact) mass is 581 g/mol. The van der Waals surface area contributed by atoms with Crippen molar-refractivity contribution in [2.24, 2.45) is 0 Å². The van der Waals surface area contributed by atoms with Gasteiger partial charge in [-0.1, -0.05) is 72.8 Å². The largest absolute Gasteiger partial charge is 0.326 e. The number of amides is 4. The van der Waals surface area contributed by atoms with Crippen LogP contribution in [0.15, 0.2) is 114 Å². The van der Waals surface area contributed by atoms with Crippen LogP contribution in [-0.4, -0.2) is 49.7 Å². The van der Waals surface area contributed by atoms with Crippen molar-refractivity contribution in [3.63, 3.8) is 0 Å². The Morgan fingerprint density at radius 2 is 1.33 bits per heavy atom. The SMILES string of the molecule is CS(=O)(=O)c1ccc(CC(=O)Nc2ccc(C(=O)CN3C(=O)NC(c4ccccc4)(c4ccccc4)C3=O)cc2)cc1. The smallest absolute Gasteiger partial charge is 0.325 e. The lowest BCUT2D eigenvalue weighted by molar-refractivity contribution is -0.130. The number of carbonyl (C=O) groups is 4. The molecule has 9 nitrogen and oxygen atoms in total. The van der Waals surface area contributed by atoms with Gasteiger partial charge < -0.3 is 10.6 Å². The van der Waals surface area contributed by atoms with E-state index >= 15 is 0 Å². The maximum absolute atomic E-state index is 13.8. The maximum Gasteiger partial charge on any atom is 0.325 e. The molecular formula is C32H27N3O6S. The average Bonchev–Trinajstić information content (AvgIpc) is 3.24. The van der Waals surface area contributed by atoms with Crippen LogP contribution in [0.3, 0.4) is 0 Å². The molecular weight excluding hydrogens is 554 g/mol. The Balaban J connectivity index is 1.26. The molecule has 4 amide bonds. The van der Waals surface area contributed by atoms with E-state index in [4.69, 9.17) is 0 Å². The number of imide groups is 1. The van der Waals surface area contributed by atoms with Gasteiger partial charge in [0.1, 0.15) is 0 Å². The molecule has 10 heteroatoms. The van der Waals surface area contributed by atoms with Gasteiger partial charge in [0.2, 0.25) is 5.91 Å². The predicted molar refractivity (Wildman–Crippen MR) is 157 cm³/mol. The minimum Gasteiger partial charge on any atom is -0.326 e. The number of Topliss-reactive ketones (excluding diaryl/α,β-unsaturated/α-hetero) is 1. The molecule has 0 atom stereocenters. The van der Waals surface area contributed by atoms with Crippen LogP contribution < -0.4 is 10.6 Å². The second-order valence-electron chi connectivity index (χ2n) is 9.95. The summed E-state index contributed by atoms with van der Waals surface area (Å²) in [5, 5.41) is 5.56. The molecule has 0 radical (unpaired) electrons. The Bertz CT molecular complexity index is 1720. The van der Waals surface area contributed by atoms with Gasteiger partial charge in [0.25, 0.3) is 5.91 Å². The fourth-order valence-corrected chi connectivity index (χ4v) is 5.50. The lowest BCUT2D eigenvalue weighted by atomic mass is 9.82. The fourth-order valence-electron chi connectivity index (χ4n) is 4.87. The van der Waals surface area contributed by atoms with Crippen molar-refractivity contribution < 1.29 is 27.6 Å². The van der Waals surface area contributed by atoms with Crippen LogP contribution in [0.25, 0.3) is 0 Å². The number of anilines is 1. The Hall–Kier alpha value is -5.09. The van der Waals surface area contributed by atoms with E-state index in [9.17, 15) is 27.6 Å². The van der Waals surface area contributed by atoms with Crippen LogP contribution in [0.4, 0.5) is 10.5 Å². The topological polar surface area (TPSA) is 130 Å². The summed E-state index contributed by atoms with van der Waals surface area (Å²) in [5.41, 5.74) is 1.06. The number of ketones is 1. The van der Waals surface area contributed by atoms with Gasteiger partial charge in [0.15, 0.2) is 21.2 Å². The summed E-state index contributed by atoms with van der Waals surface area (Å²) >= 11 is 0. The van der Waals surface area contributed by atoms with E-state index in [1.807, 2.05) is 12.1 Å². The molecule has 4 aromatic carbocycles. The molecule has 0 spiro atoms. The van der Waals surface area contributed by atoms with Crippen LogP contribution in [0.2, 0.25) is 0 Å². The number of benzene rings is 4. The number of hydrogen-bond acceptors (Lipinski definition) is 6. The van der Waals surface area contributed by atoms with Gasteiger partial charge in [-0.25, -0.2) is 13.2 Å². The Morgan fingerprint density at radius 3 is 1.86 bits per heavy atom. The van der Waals surface area contributed by atoms with E-state index in [2.05, 4.69) is 10.6 Å². The van der Waals surface area contributed by atoms with Crippen molar-refractivity contribution in [3.05, 3.63) is 131 Å². The molecule has 1 saturated heterocycles. The van der Waals surface area contributed by atoms with Crippen molar-refractivity contribution in [1.82, 2.24) is 10.2 Å². The van der Waals surface area contributed by atoms with Crippen LogP contribution >= 0.6 is 0 Å². The second-order valence-corrected chi connectivity index (χ2v) is 12.0. The molecule has 5 rings (SSSR count). The van der Waals surface area contributed by atoms with Crippen molar-refractivity contribution in [2.75, 3.05) is 18.1 Å². The lowest BCUT2D eigenvalue weighted by Crippen LogP contribution is -2.45. The Kier molecular flexibility index (Phi) is 7.73. The highest BCUT2D eigenvalue weighted by molar-refractivity contribution is 7.90. The first-order valence-corrected chi connectivity index (χ1v) is 14.9. The highest BCUT2D eigenvalue weighted by atomic mass is 32.2.